The van der Waals surface area contributed by atoms with E-state index in [0.717, 1.165) is 46.5 Å². The normalized spacial score (nSPS) is 15.7. The van der Waals surface area contributed by atoms with Gasteiger partial charge in [-0.05, 0) is 86.2 Å². The minimum atomic E-state index is 0.622. The molecule has 1 aromatic heterocycles. The third-order valence-corrected chi connectivity index (χ3v) is 6.49. The summed E-state index contributed by atoms with van der Waals surface area (Å²) in [5.41, 5.74) is 7.14. The number of benzene rings is 3. The monoisotopic (exact) mass is 433 g/mol. The summed E-state index contributed by atoms with van der Waals surface area (Å²) in [5.74, 6) is 0. The first kappa shape index (κ1) is 21.0. The second kappa shape index (κ2) is 8.93. The third-order valence-electron chi connectivity index (χ3n) is 6.49. The van der Waals surface area contributed by atoms with Crippen LogP contribution in [-0.2, 0) is 0 Å². The lowest BCUT2D eigenvalue weighted by atomic mass is 10.0. The number of aromatic nitrogens is 1. The van der Waals surface area contributed by atoms with Crippen LogP contribution in [0, 0.1) is 11.3 Å². The van der Waals surface area contributed by atoms with Crippen molar-refractivity contribution in [2.75, 3.05) is 37.4 Å². The number of nitrogens with zero attached hydrogens (tertiary/aromatic N) is 4. The van der Waals surface area contributed by atoms with Gasteiger partial charge in [-0.1, -0.05) is 18.2 Å². The third kappa shape index (κ3) is 4.39. The average molecular weight is 434 g/mol. The van der Waals surface area contributed by atoms with Gasteiger partial charge >= 0.3 is 0 Å². The fraction of sp³-hybridized carbons (Fsp3) is 0.214. The van der Waals surface area contributed by atoms with Gasteiger partial charge < -0.3 is 15.1 Å². The molecule has 0 radical (unpaired) electrons. The van der Waals surface area contributed by atoms with Crippen molar-refractivity contribution >= 4 is 28.0 Å². The Morgan fingerprint density at radius 1 is 0.970 bits per heavy atom. The maximum absolute atomic E-state index is 9.06. The van der Waals surface area contributed by atoms with E-state index in [2.05, 4.69) is 76.7 Å². The van der Waals surface area contributed by atoms with E-state index in [4.69, 9.17) is 5.26 Å². The second-order valence-electron chi connectivity index (χ2n) is 8.80. The Bertz CT molecular complexity index is 1300. The first-order chi connectivity index (χ1) is 16.1. The maximum Gasteiger partial charge on any atom is 0.0991 e. The molecule has 1 N–H and O–H groups in total. The Hall–Kier alpha value is -3.88. The number of hydrogen-bond donors (Lipinski definition) is 1. The molecule has 5 rings (SSSR count). The van der Waals surface area contributed by atoms with Crippen LogP contribution in [-0.4, -0.2) is 43.1 Å². The zero-order chi connectivity index (χ0) is 22.8. The first-order valence-electron chi connectivity index (χ1n) is 11.3. The Labute approximate surface area is 194 Å². The van der Waals surface area contributed by atoms with Crippen LogP contribution in [0.4, 0.5) is 17.1 Å². The largest absolute Gasteiger partial charge is 0.370 e. The van der Waals surface area contributed by atoms with E-state index in [-0.39, 0.29) is 0 Å². The second-order valence-corrected chi connectivity index (χ2v) is 8.80. The Kier molecular flexibility index (Phi) is 5.68. The van der Waals surface area contributed by atoms with E-state index in [0.29, 0.717) is 11.6 Å². The first-order valence-corrected chi connectivity index (χ1v) is 11.3. The summed E-state index contributed by atoms with van der Waals surface area (Å²) >= 11 is 0. The Balaban J connectivity index is 1.39. The summed E-state index contributed by atoms with van der Waals surface area (Å²) in [6.07, 6.45) is 3.05. The van der Waals surface area contributed by atoms with Crippen molar-refractivity contribution in [1.82, 2.24) is 9.88 Å². The average Bonchev–Trinajstić information content (AvgIpc) is 3.35. The van der Waals surface area contributed by atoms with Crippen molar-refractivity contribution in [3.8, 4) is 17.2 Å². The number of pyridine rings is 1. The van der Waals surface area contributed by atoms with Gasteiger partial charge in [0.05, 0.1) is 17.1 Å². The highest BCUT2D eigenvalue weighted by molar-refractivity contribution is 5.95. The topological polar surface area (TPSA) is 55.2 Å². The van der Waals surface area contributed by atoms with Crippen molar-refractivity contribution in [1.29, 1.82) is 5.26 Å². The van der Waals surface area contributed by atoms with Crippen LogP contribution in [0.5, 0.6) is 0 Å². The summed E-state index contributed by atoms with van der Waals surface area (Å²) in [4.78, 5) is 9.31. The van der Waals surface area contributed by atoms with Gasteiger partial charge in [0.1, 0.15) is 0 Å². The summed E-state index contributed by atoms with van der Waals surface area (Å²) in [6.45, 7) is 2.18. The van der Waals surface area contributed by atoms with Gasteiger partial charge in [-0.3, -0.25) is 4.98 Å². The molecule has 33 heavy (non-hydrogen) atoms. The molecule has 1 fully saturated rings. The molecular formula is C28H27N5. The van der Waals surface area contributed by atoms with E-state index in [9.17, 15) is 0 Å². The van der Waals surface area contributed by atoms with Crippen molar-refractivity contribution in [3.63, 3.8) is 0 Å². The highest BCUT2D eigenvalue weighted by atomic mass is 15.2. The summed E-state index contributed by atoms with van der Waals surface area (Å²) in [5, 5.41) is 13.7. The van der Waals surface area contributed by atoms with Gasteiger partial charge in [-0.15, -0.1) is 0 Å². The molecule has 5 heteroatoms. The number of fused-ring (bicyclic) bond motifs is 1. The van der Waals surface area contributed by atoms with Crippen LogP contribution < -0.4 is 10.2 Å². The van der Waals surface area contributed by atoms with Gasteiger partial charge in [0.15, 0.2) is 0 Å². The molecule has 0 aliphatic carbocycles. The highest BCUT2D eigenvalue weighted by Crippen LogP contribution is 2.31. The summed E-state index contributed by atoms with van der Waals surface area (Å²) < 4.78 is 0. The molecule has 2 heterocycles. The zero-order valence-corrected chi connectivity index (χ0v) is 19.0. The minimum absolute atomic E-state index is 0.622. The van der Waals surface area contributed by atoms with Crippen LogP contribution >= 0.6 is 0 Å². The van der Waals surface area contributed by atoms with Gasteiger partial charge in [0.2, 0.25) is 0 Å². The van der Waals surface area contributed by atoms with E-state index in [1.807, 2.05) is 42.6 Å². The van der Waals surface area contributed by atoms with Gasteiger partial charge in [-0.2, -0.15) is 5.26 Å². The fourth-order valence-electron chi connectivity index (χ4n) is 4.48. The Morgan fingerprint density at radius 2 is 1.73 bits per heavy atom. The molecule has 5 nitrogen and oxygen atoms in total. The molecular weight excluding hydrogens is 406 g/mol. The molecule has 0 unspecified atom stereocenters. The lowest BCUT2D eigenvalue weighted by Crippen LogP contribution is -2.31. The fourth-order valence-corrected chi connectivity index (χ4v) is 4.48. The molecule has 0 spiro atoms. The van der Waals surface area contributed by atoms with Crippen LogP contribution in [0.1, 0.15) is 12.0 Å². The van der Waals surface area contributed by atoms with E-state index in [1.165, 1.54) is 12.1 Å². The molecule has 1 atom stereocenters. The Morgan fingerprint density at radius 3 is 2.42 bits per heavy atom. The van der Waals surface area contributed by atoms with E-state index >= 15 is 0 Å². The van der Waals surface area contributed by atoms with Crippen molar-refractivity contribution in [2.45, 2.75) is 12.5 Å². The molecule has 3 aromatic carbocycles. The lowest BCUT2D eigenvalue weighted by Gasteiger charge is -2.22. The summed E-state index contributed by atoms with van der Waals surface area (Å²) in [6, 6.07) is 27.5. The standard InChI is InChI=1S/C28H27N5/c1-32(2)25-14-16-33(19-25)24-10-8-23(9-11-24)31-28-13-15-30-27-12-7-22(17-26(27)28)21-5-3-20(18-29)4-6-21/h3-13,15,17,25H,14,16,19H2,1-2H3,(H,30,31)/t25-/m0/s1. The predicted octanol–water partition coefficient (Wildman–Crippen LogP) is 5.66. The molecule has 4 aromatic rings. The van der Waals surface area contributed by atoms with E-state index < -0.39 is 0 Å². The van der Waals surface area contributed by atoms with Crippen molar-refractivity contribution < 1.29 is 0 Å². The minimum Gasteiger partial charge on any atom is -0.370 e. The van der Waals surface area contributed by atoms with Crippen LogP contribution in [0.3, 0.4) is 0 Å². The number of nitriles is 1. The number of likely N-dealkylation sites (N-methyl/N-ethyl adjacent to an activating group) is 1. The molecule has 0 saturated carbocycles. The van der Waals surface area contributed by atoms with Gasteiger partial charge in [0, 0.05) is 47.8 Å². The predicted molar refractivity (Wildman–Crippen MR) is 136 cm³/mol. The van der Waals surface area contributed by atoms with Crippen molar-refractivity contribution in [3.05, 3.63) is 84.6 Å². The van der Waals surface area contributed by atoms with Crippen molar-refractivity contribution in [2.24, 2.45) is 0 Å². The van der Waals surface area contributed by atoms with Crippen LogP contribution in [0.25, 0.3) is 22.0 Å². The molecule has 0 amide bonds. The van der Waals surface area contributed by atoms with Crippen LogP contribution in [0.2, 0.25) is 0 Å². The zero-order valence-electron chi connectivity index (χ0n) is 19.0. The van der Waals surface area contributed by atoms with Crippen LogP contribution in [0.15, 0.2) is 79.0 Å². The molecule has 1 aliphatic heterocycles. The molecule has 1 aliphatic rings. The molecule has 164 valence electrons. The number of nitrogens with one attached hydrogen (secondary N) is 1. The van der Waals surface area contributed by atoms with E-state index in [1.54, 1.807) is 0 Å². The highest BCUT2D eigenvalue weighted by Gasteiger charge is 2.23. The van der Waals surface area contributed by atoms with Gasteiger partial charge in [0.25, 0.3) is 0 Å². The molecule has 0 bridgehead atoms. The number of hydrogen-bond acceptors (Lipinski definition) is 5. The SMILES string of the molecule is CN(C)[C@H]1CCN(c2ccc(Nc3ccnc4ccc(-c5ccc(C#N)cc5)cc34)cc2)C1. The smallest absolute Gasteiger partial charge is 0.0991 e. The summed E-state index contributed by atoms with van der Waals surface area (Å²) in [7, 11) is 4.32. The number of anilines is 3. The number of rotatable bonds is 5. The maximum atomic E-state index is 9.06. The van der Waals surface area contributed by atoms with Gasteiger partial charge in [-0.25, -0.2) is 0 Å². The quantitative estimate of drug-likeness (QED) is 0.440. The lowest BCUT2D eigenvalue weighted by molar-refractivity contribution is 0.315. The molecule has 1 saturated heterocycles.